The molecule has 2 aromatic heterocycles. The summed E-state index contributed by atoms with van der Waals surface area (Å²) in [4.78, 5) is 38.5. The molecule has 1 saturated heterocycles. The Bertz CT molecular complexity index is 1320. The SMILES string of the molecule is CCOC(=O)N1Cc2sc3ncn(CCN4CCN(c5cccc6c5CCC6)CC4)c(=O)c3c2C1. The van der Waals surface area contributed by atoms with Gasteiger partial charge in [-0.15, -0.1) is 11.3 Å². The van der Waals surface area contributed by atoms with Crippen molar-refractivity contribution >= 4 is 33.3 Å². The van der Waals surface area contributed by atoms with Gasteiger partial charge in [0.25, 0.3) is 5.56 Å². The minimum atomic E-state index is -0.326. The van der Waals surface area contributed by atoms with Crippen molar-refractivity contribution < 1.29 is 9.53 Å². The lowest BCUT2D eigenvalue weighted by molar-refractivity contribution is 0.107. The highest BCUT2D eigenvalue weighted by Gasteiger charge is 2.30. The van der Waals surface area contributed by atoms with Gasteiger partial charge in [-0.1, -0.05) is 12.1 Å². The summed E-state index contributed by atoms with van der Waals surface area (Å²) in [7, 11) is 0. The highest BCUT2D eigenvalue weighted by Crippen LogP contribution is 2.35. The zero-order valence-electron chi connectivity index (χ0n) is 20.2. The number of piperazine rings is 1. The van der Waals surface area contributed by atoms with E-state index < -0.39 is 0 Å². The maximum Gasteiger partial charge on any atom is 0.410 e. The van der Waals surface area contributed by atoms with Gasteiger partial charge in [0.05, 0.1) is 31.4 Å². The molecule has 6 rings (SSSR count). The predicted octanol–water partition coefficient (Wildman–Crippen LogP) is 3.24. The lowest BCUT2D eigenvalue weighted by Crippen LogP contribution is -2.47. The van der Waals surface area contributed by atoms with E-state index in [1.165, 1.54) is 41.9 Å². The Kier molecular flexibility index (Phi) is 5.98. The van der Waals surface area contributed by atoms with Gasteiger partial charge in [0.15, 0.2) is 0 Å². The van der Waals surface area contributed by atoms with Crippen LogP contribution in [0.5, 0.6) is 0 Å². The Morgan fingerprint density at radius 2 is 1.94 bits per heavy atom. The van der Waals surface area contributed by atoms with Crippen molar-refractivity contribution in [3.05, 3.63) is 56.4 Å². The quantitative estimate of drug-likeness (QED) is 0.544. The summed E-state index contributed by atoms with van der Waals surface area (Å²) < 4.78 is 6.87. The van der Waals surface area contributed by atoms with Gasteiger partial charge in [0.1, 0.15) is 4.83 Å². The number of carbonyl (C=O) groups is 1. The lowest BCUT2D eigenvalue weighted by atomic mass is 10.1. The molecule has 35 heavy (non-hydrogen) atoms. The smallest absolute Gasteiger partial charge is 0.410 e. The second-order valence-electron chi connectivity index (χ2n) is 9.58. The molecule has 0 unspecified atom stereocenters. The van der Waals surface area contributed by atoms with Gasteiger partial charge < -0.3 is 9.64 Å². The third kappa shape index (κ3) is 4.10. The fraction of sp³-hybridized carbons (Fsp3) is 0.500. The zero-order chi connectivity index (χ0) is 23.9. The van der Waals surface area contributed by atoms with Crippen molar-refractivity contribution in [2.45, 2.75) is 45.8 Å². The minimum absolute atomic E-state index is 0.00306. The van der Waals surface area contributed by atoms with E-state index in [0.29, 0.717) is 31.6 Å². The topological polar surface area (TPSA) is 70.9 Å². The van der Waals surface area contributed by atoms with Crippen LogP contribution in [0.25, 0.3) is 10.2 Å². The fourth-order valence-corrected chi connectivity index (χ4v) is 6.86. The molecule has 8 nitrogen and oxygen atoms in total. The van der Waals surface area contributed by atoms with Crippen LogP contribution < -0.4 is 10.5 Å². The molecular weight excluding hydrogens is 462 g/mol. The molecule has 0 spiro atoms. The van der Waals surface area contributed by atoms with E-state index in [4.69, 9.17) is 4.74 Å². The van der Waals surface area contributed by atoms with E-state index >= 15 is 0 Å². The highest BCUT2D eigenvalue weighted by atomic mass is 32.1. The number of aromatic nitrogens is 2. The van der Waals surface area contributed by atoms with Crippen molar-refractivity contribution in [2.75, 3.05) is 44.2 Å². The van der Waals surface area contributed by atoms with Crippen molar-refractivity contribution in [3.8, 4) is 0 Å². The lowest BCUT2D eigenvalue weighted by Gasteiger charge is -2.37. The standard InChI is InChI=1S/C26H31N5O3S/c1-2-34-26(33)31-15-20-22(16-31)35-24-23(20)25(32)30(17-27-24)14-11-28-9-12-29(13-10-28)21-8-4-6-18-5-3-7-19(18)21/h4,6,8,17H,2-3,5,7,9-16H2,1H3. The van der Waals surface area contributed by atoms with Crippen molar-refractivity contribution in [3.63, 3.8) is 0 Å². The number of anilines is 1. The molecule has 3 aromatic rings. The molecule has 184 valence electrons. The molecule has 4 heterocycles. The van der Waals surface area contributed by atoms with Crippen molar-refractivity contribution in [1.29, 1.82) is 0 Å². The predicted molar refractivity (Wildman–Crippen MR) is 137 cm³/mol. The Morgan fingerprint density at radius 3 is 2.77 bits per heavy atom. The van der Waals surface area contributed by atoms with Crippen LogP contribution in [0.3, 0.4) is 0 Å². The number of hydrogen-bond acceptors (Lipinski definition) is 7. The number of nitrogens with zero attached hydrogens (tertiary/aromatic N) is 5. The van der Waals surface area contributed by atoms with Crippen LogP contribution >= 0.6 is 11.3 Å². The van der Waals surface area contributed by atoms with Crippen LogP contribution in [0.15, 0.2) is 29.3 Å². The monoisotopic (exact) mass is 493 g/mol. The van der Waals surface area contributed by atoms with Crippen LogP contribution in [0.2, 0.25) is 0 Å². The summed E-state index contributed by atoms with van der Waals surface area (Å²) in [5.41, 5.74) is 5.44. The zero-order valence-corrected chi connectivity index (χ0v) is 21.0. The first-order valence-electron chi connectivity index (χ1n) is 12.6. The maximum atomic E-state index is 13.3. The van der Waals surface area contributed by atoms with E-state index in [-0.39, 0.29) is 11.7 Å². The largest absolute Gasteiger partial charge is 0.450 e. The van der Waals surface area contributed by atoms with Crippen LogP contribution in [0.4, 0.5) is 10.5 Å². The molecule has 0 bridgehead atoms. The fourth-order valence-electron chi connectivity index (χ4n) is 5.70. The van der Waals surface area contributed by atoms with Gasteiger partial charge in [-0.2, -0.15) is 0 Å². The molecule has 0 N–H and O–H groups in total. The summed E-state index contributed by atoms with van der Waals surface area (Å²) in [6, 6.07) is 6.76. The molecule has 3 aliphatic rings. The number of benzene rings is 1. The normalized spacial score (nSPS) is 17.7. The van der Waals surface area contributed by atoms with Gasteiger partial charge in [0.2, 0.25) is 0 Å². The van der Waals surface area contributed by atoms with E-state index in [9.17, 15) is 9.59 Å². The Morgan fingerprint density at radius 1 is 1.09 bits per heavy atom. The second-order valence-corrected chi connectivity index (χ2v) is 10.7. The number of amides is 1. The molecule has 2 aliphatic heterocycles. The van der Waals surface area contributed by atoms with Gasteiger partial charge in [-0.25, -0.2) is 9.78 Å². The first kappa shape index (κ1) is 22.5. The Balaban J connectivity index is 1.11. The van der Waals surface area contributed by atoms with Gasteiger partial charge in [-0.05, 0) is 43.4 Å². The number of rotatable bonds is 5. The van der Waals surface area contributed by atoms with E-state index in [2.05, 4.69) is 33.0 Å². The first-order valence-corrected chi connectivity index (χ1v) is 13.4. The second kappa shape index (κ2) is 9.28. The molecule has 0 radical (unpaired) electrons. The van der Waals surface area contributed by atoms with Crippen LogP contribution in [-0.4, -0.2) is 64.8 Å². The first-order chi connectivity index (χ1) is 17.1. The Labute approximate surface area is 208 Å². The summed E-state index contributed by atoms with van der Waals surface area (Å²) in [6.45, 7) is 8.53. The van der Waals surface area contributed by atoms with E-state index in [1.807, 2.05) is 0 Å². The molecule has 0 saturated carbocycles. The summed E-state index contributed by atoms with van der Waals surface area (Å²) in [6.07, 6.45) is 5.04. The summed E-state index contributed by atoms with van der Waals surface area (Å²) in [5, 5.41) is 0.669. The van der Waals surface area contributed by atoms with Gasteiger partial charge >= 0.3 is 6.09 Å². The van der Waals surface area contributed by atoms with Gasteiger partial charge in [-0.3, -0.25) is 19.2 Å². The third-order valence-electron chi connectivity index (χ3n) is 7.56. The molecular formula is C26H31N5O3S. The molecule has 1 amide bonds. The summed E-state index contributed by atoms with van der Waals surface area (Å²) >= 11 is 1.51. The molecule has 1 aliphatic carbocycles. The Hall–Kier alpha value is -2.91. The van der Waals surface area contributed by atoms with Gasteiger partial charge in [0, 0.05) is 55.4 Å². The number of aryl methyl sites for hydroxylation is 1. The van der Waals surface area contributed by atoms with Crippen molar-refractivity contribution in [1.82, 2.24) is 19.4 Å². The number of ether oxygens (including phenoxy) is 1. The minimum Gasteiger partial charge on any atom is -0.450 e. The molecule has 0 atom stereocenters. The average Bonchev–Trinajstić information content (AvgIpc) is 3.58. The van der Waals surface area contributed by atoms with Crippen molar-refractivity contribution in [2.24, 2.45) is 0 Å². The summed E-state index contributed by atoms with van der Waals surface area (Å²) in [5.74, 6) is 0. The number of fused-ring (bicyclic) bond motifs is 4. The third-order valence-corrected chi connectivity index (χ3v) is 8.69. The van der Waals surface area contributed by atoms with Crippen LogP contribution in [0.1, 0.15) is 34.9 Å². The number of hydrogen-bond donors (Lipinski definition) is 0. The average molecular weight is 494 g/mol. The number of thiophene rings is 1. The van der Waals surface area contributed by atoms with E-state index in [0.717, 1.165) is 48.0 Å². The molecule has 9 heteroatoms. The molecule has 1 aromatic carbocycles. The van der Waals surface area contributed by atoms with Crippen LogP contribution in [-0.2, 0) is 37.2 Å². The highest BCUT2D eigenvalue weighted by molar-refractivity contribution is 7.18. The maximum absolute atomic E-state index is 13.3. The molecule has 1 fully saturated rings. The number of carbonyl (C=O) groups excluding carboxylic acids is 1. The van der Waals surface area contributed by atoms with Crippen LogP contribution in [0, 0.1) is 0 Å². The van der Waals surface area contributed by atoms with E-state index in [1.54, 1.807) is 28.3 Å².